The van der Waals surface area contributed by atoms with Crippen LogP contribution in [-0.4, -0.2) is 54.1 Å². The van der Waals surface area contributed by atoms with Crippen LogP contribution >= 0.6 is 0 Å². The summed E-state index contributed by atoms with van der Waals surface area (Å²) >= 11 is 0. The molecular weight excluding hydrogens is 222 g/mol. The van der Waals surface area contributed by atoms with Crippen molar-refractivity contribution in [3.05, 3.63) is 0 Å². The highest BCUT2D eigenvalue weighted by Crippen LogP contribution is 2.39. The molecule has 3 rings (SSSR count). The zero-order chi connectivity index (χ0) is 12.4. The SMILES string of the molecule is NCC1(N2CCCCCC2)CCN2CCCCC21. The summed E-state index contributed by atoms with van der Waals surface area (Å²) in [5.74, 6) is 0. The van der Waals surface area contributed by atoms with Crippen LogP contribution in [-0.2, 0) is 0 Å². The van der Waals surface area contributed by atoms with E-state index in [-0.39, 0.29) is 0 Å². The van der Waals surface area contributed by atoms with Crippen LogP contribution < -0.4 is 5.73 Å². The Hall–Kier alpha value is -0.120. The number of likely N-dealkylation sites (tertiary alicyclic amines) is 1. The molecule has 18 heavy (non-hydrogen) atoms. The second kappa shape index (κ2) is 5.48. The van der Waals surface area contributed by atoms with Gasteiger partial charge in [0.15, 0.2) is 0 Å². The zero-order valence-electron chi connectivity index (χ0n) is 11.7. The van der Waals surface area contributed by atoms with E-state index in [2.05, 4.69) is 9.80 Å². The molecule has 0 aromatic heterocycles. The van der Waals surface area contributed by atoms with Crippen molar-refractivity contribution < 1.29 is 0 Å². The first kappa shape index (κ1) is 12.9. The molecule has 0 amide bonds. The van der Waals surface area contributed by atoms with Gasteiger partial charge in [0.25, 0.3) is 0 Å². The molecule has 3 fully saturated rings. The predicted octanol–water partition coefficient (Wildman–Crippen LogP) is 1.82. The van der Waals surface area contributed by atoms with Crippen molar-refractivity contribution in [2.45, 2.75) is 62.9 Å². The van der Waals surface area contributed by atoms with E-state index in [0.717, 1.165) is 12.6 Å². The van der Waals surface area contributed by atoms with Gasteiger partial charge in [0.05, 0.1) is 0 Å². The molecule has 3 heteroatoms. The summed E-state index contributed by atoms with van der Waals surface area (Å²) in [6.45, 7) is 6.07. The fraction of sp³-hybridized carbons (Fsp3) is 1.00. The lowest BCUT2D eigenvalue weighted by Gasteiger charge is -2.47. The van der Waals surface area contributed by atoms with Crippen LogP contribution in [0.1, 0.15) is 51.4 Å². The second-order valence-electron chi connectivity index (χ2n) is 6.51. The maximum Gasteiger partial charge on any atom is 0.0498 e. The van der Waals surface area contributed by atoms with E-state index in [1.165, 1.54) is 77.5 Å². The van der Waals surface area contributed by atoms with Crippen molar-refractivity contribution in [3.63, 3.8) is 0 Å². The third-order valence-electron chi connectivity index (χ3n) is 5.66. The van der Waals surface area contributed by atoms with Gasteiger partial charge in [-0.05, 0) is 51.7 Å². The molecule has 3 aliphatic rings. The number of hydrogen-bond acceptors (Lipinski definition) is 3. The lowest BCUT2D eigenvalue weighted by atomic mass is 9.83. The topological polar surface area (TPSA) is 32.5 Å². The Bertz CT molecular complexity index is 273. The van der Waals surface area contributed by atoms with Gasteiger partial charge in [-0.25, -0.2) is 0 Å². The van der Waals surface area contributed by atoms with E-state index in [9.17, 15) is 0 Å². The predicted molar refractivity (Wildman–Crippen MR) is 75.7 cm³/mol. The molecule has 3 heterocycles. The van der Waals surface area contributed by atoms with Crippen LogP contribution in [0.25, 0.3) is 0 Å². The minimum atomic E-state index is 0.324. The van der Waals surface area contributed by atoms with Gasteiger partial charge in [-0.15, -0.1) is 0 Å². The molecule has 3 saturated heterocycles. The highest BCUT2D eigenvalue weighted by Gasteiger charge is 2.50. The van der Waals surface area contributed by atoms with Gasteiger partial charge >= 0.3 is 0 Å². The third kappa shape index (κ3) is 2.10. The van der Waals surface area contributed by atoms with Crippen molar-refractivity contribution in [2.75, 3.05) is 32.7 Å². The Balaban J connectivity index is 1.79. The van der Waals surface area contributed by atoms with Gasteiger partial charge in [0.2, 0.25) is 0 Å². The van der Waals surface area contributed by atoms with Gasteiger partial charge < -0.3 is 5.73 Å². The Morgan fingerprint density at radius 1 is 0.889 bits per heavy atom. The smallest absolute Gasteiger partial charge is 0.0498 e. The molecule has 0 aromatic rings. The molecule has 2 unspecified atom stereocenters. The fourth-order valence-corrected chi connectivity index (χ4v) is 4.62. The van der Waals surface area contributed by atoms with Crippen LogP contribution in [0.5, 0.6) is 0 Å². The first-order chi connectivity index (χ1) is 8.87. The molecule has 2 N–H and O–H groups in total. The monoisotopic (exact) mass is 251 g/mol. The molecule has 3 nitrogen and oxygen atoms in total. The molecular formula is C15H29N3. The van der Waals surface area contributed by atoms with Crippen molar-refractivity contribution in [1.82, 2.24) is 9.80 Å². The summed E-state index contributed by atoms with van der Waals surface area (Å²) in [5, 5.41) is 0. The summed E-state index contributed by atoms with van der Waals surface area (Å²) < 4.78 is 0. The summed E-state index contributed by atoms with van der Waals surface area (Å²) in [6.07, 6.45) is 11.1. The summed E-state index contributed by atoms with van der Waals surface area (Å²) in [4.78, 5) is 5.53. The van der Waals surface area contributed by atoms with Gasteiger partial charge in [0.1, 0.15) is 0 Å². The summed E-state index contributed by atoms with van der Waals surface area (Å²) in [6, 6.07) is 0.759. The number of rotatable bonds is 2. The normalized spacial score (nSPS) is 39.5. The van der Waals surface area contributed by atoms with Crippen LogP contribution in [0.4, 0.5) is 0 Å². The first-order valence-electron chi connectivity index (χ1n) is 8.06. The standard InChI is InChI=1S/C15H29N3/c16-13-15(18-10-4-1-2-5-11-18)8-12-17-9-6-3-7-14(15)17/h14H,1-13,16H2. The lowest BCUT2D eigenvalue weighted by molar-refractivity contribution is 0.0397. The highest BCUT2D eigenvalue weighted by molar-refractivity contribution is 5.08. The number of nitrogens with zero attached hydrogens (tertiary/aromatic N) is 2. The molecule has 0 radical (unpaired) electrons. The molecule has 3 aliphatic heterocycles. The van der Waals surface area contributed by atoms with E-state index < -0.39 is 0 Å². The van der Waals surface area contributed by atoms with Gasteiger partial charge in [-0.3, -0.25) is 9.80 Å². The summed E-state index contributed by atoms with van der Waals surface area (Å²) in [7, 11) is 0. The average Bonchev–Trinajstić information content (AvgIpc) is 2.61. The number of fused-ring (bicyclic) bond motifs is 1. The van der Waals surface area contributed by atoms with Crippen LogP contribution in [0.15, 0.2) is 0 Å². The fourth-order valence-electron chi connectivity index (χ4n) is 4.62. The van der Waals surface area contributed by atoms with E-state index in [0.29, 0.717) is 5.54 Å². The molecule has 104 valence electrons. The molecule has 0 saturated carbocycles. The van der Waals surface area contributed by atoms with Crippen molar-refractivity contribution in [2.24, 2.45) is 5.73 Å². The Morgan fingerprint density at radius 3 is 2.33 bits per heavy atom. The van der Waals surface area contributed by atoms with E-state index in [1.54, 1.807) is 0 Å². The highest BCUT2D eigenvalue weighted by atomic mass is 15.3. The maximum atomic E-state index is 6.29. The minimum absolute atomic E-state index is 0.324. The third-order valence-corrected chi connectivity index (χ3v) is 5.66. The minimum Gasteiger partial charge on any atom is -0.329 e. The lowest BCUT2D eigenvalue weighted by Crippen LogP contribution is -2.62. The molecule has 0 bridgehead atoms. The Morgan fingerprint density at radius 2 is 1.61 bits per heavy atom. The molecule has 2 atom stereocenters. The Labute approximate surface area is 112 Å². The number of piperidine rings is 1. The van der Waals surface area contributed by atoms with E-state index >= 15 is 0 Å². The second-order valence-corrected chi connectivity index (χ2v) is 6.51. The molecule has 0 aliphatic carbocycles. The van der Waals surface area contributed by atoms with Crippen molar-refractivity contribution in [1.29, 1.82) is 0 Å². The number of hydrogen-bond donors (Lipinski definition) is 1. The van der Waals surface area contributed by atoms with Gasteiger partial charge in [0, 0.05) is 24.7 Å². The number of nitrogens with two attached hydrogens (primary N) is 1. The van der Waals surface area contributed by atoms with Crippen LogP contribution in [0.2, 0.25) is 0 Å². The van der Waals surface area contributed by atoms with Crippen molar-refractivity contribution in [3.8, 4) is 0 Å². The van der Waals surface area contributed by atoms with Crippen LogP contribution in [0, 0.1) is 0 Å². The van der Waals surface area contributed by atoms with Crippen molar-refractivity contribution >= 4 is 0 Å². The zero-order valence-corrected chi connectivity index (χ0v) is 11.7. The Kier molecular flexibility index (Phi) is 3.92. The quantitative estimate of drug-likeness (QED) is 0.812. The summed E-state index contributed by atoms with van der Waals surface area (Å²) in [5.41, 5.74) is 6.61. The first-order valence-corrected chi connectivity index (χ1v) is 8.06. The van der Waals surface area contributed by atoms with E-state index in [1.807, 2.05) is 0 Å². The van der Waals surface area contributed by atoms with Gasteiger partial charge in [-0.2, -0.15) is 0 Å². The molecule has 0 aromatic carbocycles. The van der Waals surface area contributed by atoms with Gasteiger partial charge in [-0.1, -0.05) is 19.3 Å². The average molecular weight is 251 g/mol. The largest absolute Gasteiger partial charge is 0.329 e. The maximum absolute atomic E-state index is 6.29. The van der Waals surface area contributed by atoms with E-state index in [4.69, 9.17) is 5.73 Å². The molecule has 0 spiro atoms. The van der Waals surface area contributed by atoms with Crippen LogP contribution in [0.3, 0.4) is 0 Å².